The predicted molar refractivity (Wildman–Crippen MR) is 329 cm³/mol. The Labute approximate surface area is 530 Å². The van der Waals surface area contributed by atoms with Crippen LogP contribution in [0.2, 0.25) is 0 Å². The van der Waals surface area contributed by atoms with Crippen LogP contribution < -0.4 is 58.7 Å². The molecule has 486 valence electrons. The van der Waals surface area contributed by atoms with Gasteiger partial charge in [0.15, 0.2) is 5.60 Å². The van der Waals surface area contributed by atoms with Gasteiger partial charge >= 0.3 is 5.97 Å². The minimum Gasteiger partial charge on any atom is -0.508 e. The molecule has 0 saturated carbocycles. The van der Waals surface area contributed by atoms with Crippen LogP contribution in [0.5, 0.6) is 28.7 Å². The molecule has 4 heterocycles. The fraction of sp³-hybridized carbons (Fsp3) is 0.426. The molecule has 0 aromatic heterocycles. The standard InChI is InChI=1S/C61H73N11O17S2/c1-4-30(2)49-56(83)71-50(31(3)73)57(84)67-42(27-47(63)77)54(81)68-43(28-91-90-23-20-48(78)69-51(58(85)70-49)32-10-13-34(74)14-11-32)59(86)72-22-7-9-44(72)55(82)66-41(53(80)65-29-62)8-5-6-21-64-52(79)33-12-17-37-40(24-33)61(89-60(37)87)38-18-15-35(75)25-45(38)88-46-26-36(76)16-19-39(46)61/h10-19,24-26,30-31,41-44,49-51,73-76H,4-9,20-23,27-29,62H2,1-3H3,(H2,63,77)(H,64,79)(H,65,80)(H,66,82)(H,67,84)(H,68,81)(H,69,78)(H,70,85)(H,71,83)/t30-,31?,41+,42-,43-,44-,49-,50-,51+/m1/s1. The van der Waals surface area contributed by atoms with E-state index in [2.05, 4.69) is 42.5 Å². The Morgan fingerprint density at radius 2 is 1.42 bits per heavy atom. The van der Waals surface area contributed by atoms with Crippen molar-refractivity contribution >= 4 is 86.6 Å². The third-order valence-electron chi connectivity index (χ3n) is 16.0. The maximum absolute atomic E-state index is 14.8. The summed E-state index contributed by atoms with van der Waals surface area (Å²) in [4.78, 5) is 153. The third kappa shape index (κ3) is 15.9. The number of nitrogens with two attached hydrogens (primary N) is 2. The lowest BCUT2D eigenvalue weighted by Crippen LogP contribution is -2.62. The van der Waals surface area contributed by atoms with Crippen molar-refractivity contribution in [3.8, 4) is 28.7 Å². The molecule has 2 saturated heterocycles. The number of nitrogens with zero attached hydrogens (tertiary/aromatic N) is 1. The molecular formula is C61H73N11O17S2. The molecule has 1 spiro atoms. The van der Waals surface area contributed by atoms with E-state index in [1.165, 1.54) is 78.6 Å². The van der Waals surface area contributed by atoms with E-state index in [4.69, 9.17) is 20.9 Å². The Hall–Kier alpha value is -9.13. The number of hydrogen-bond acceptors (Lipinski definition) is 20. The largest absolute Gasteiger partial charge is 0.508 e. The number of aromatic hydroxyl groups is 3. The zero-order chi connectivity index (χ0) is 65.8. The Bertz CT molecular complexity index is 3410. The molecule has 91 heavy (non-hydrogen) atoms. The molecule has 16 N–H and O–H groups in total. The first-order chi connectivity index (χ1) is 43.4. The van der Waals surface area contributed by atoms with Gasteiger partial charge < -0.3 is 88.8 Å². The number of phenols is 3. The molecule has 28 nitrogen and oxygen atoms in total. The van der Waals surface area contributed by atoms with E-state index in [0.29, 0.717) is 36.0 Å². The van der Waals surface area contributed by atoms with Gasteiger partial charge in [-0.1, -0.05) is 54.0 Å². The van der Waals surface area contributed by atoms with Gasteiger partial charge in [0.1, 0.15) is 71.0 Å². The van der Waals surface area contributed by atoms with E-state index in [-0.39, 0.29) is 102 Å². The second-order valence-corrected chi connectivity index (χ2v) is 25.0. The molecule has 9 atom stereocenters. The monoisotopic (exact) mass is 1300 g/mol. The van der Waals surface area contributed by atoms with Gasteiger partial charge in [-0.3, -0.25) is 47.9 Å². The lowest BCUT2D eigenvalue weighted by atomic mass is 9.77. The van der Waals surface area contributed by atoms with Gasteiger partial charge in [0.2, 0.25) is 53.2 Å². The summed E-state index contributed by atoms with van der Waals surface area (Å²) in [6, 6.07) is 8.34. The minimum atomic E-state index is -1.79. The Morgan fingerprint density at radius 1 is 0.758 bits per heavy atom. The number of likely N-dealkylation sites (tertiary alicyclic amines) is 1. The number of amides is 10. The number of benzene rings is 4. The highest BCUT2D eigenvalue weighted by Gasteiger charge is 2.54. The molecule has 1 unspecified atom stereocenters. The summed E-state index contributed by atoms with van der Waals surface area (Å²) in [7, 11) is 2.18. The van der Waals surface area contributed by atoms with Crippen LogP contribution in [0.15, 0.2) is 78.9 Å². The lowest BCUT2D eigenvalue weighted by molar-refractivity contribution is -0.142. The quantitative estimate of drug-likeness (QED) is 0.0299. The maximum Gasteiger partial charge on any atom is 0.340 e. The normalized spacial score (nSPS) is 22.1. The lowest BCUT2D eigenvalue weighted by Gasteiger charge is -2.36. The number of aliphatic hydroxyl groups excluding tert-OH is 1. The number of ether oxygens (including phenoxy) is 2. The van der Waals surface area contributed by atoms with E-state index in [1.807, 2.05) is 0 Å². The van der Waals surface area contributed by atoms with Crippen LogP contribution in [0.3, 0.4) is 0 Å². The molecule has 0 aliphatic carbocycles. The summed E-state index contributed by atoms with van der Waals surface area (Å²) in [6.07, 6.45) is -1.24. The average molecular weight is 1300 g/mol. The minimum absolute atomic E-state index is 0.0178. The van der Waals surface area contributed by atoms with E-state index in [0.717, 1.165) is 21.6 Å². The number of hydrogen-bond donors (Lipinski definition) is 14. The number of phenolic OH excluding ortho intramolecular Hbond substituents is 3. The van der Waals surface area contributed by atoms with Crippen LogP contribution in [-0.2, 0) is 53.5 Å². The molecule has 4 aliphatic rings. The summed E-state index contributed by atoms with van der Waals surface area (Å²) in [6.45, 7) is 4.38. The first-order valence-corrected chi connectivity index (χ1v) is 32.0. The average Bonchev–Trinajstić information content (AvgIpc) is 1.63. The number of nitrogens with one attached hydrogen (secondary N) is 8. The van der Waals surface area contributed by atoms with Crippen LogP contribution in [-0.4, -0.2) is 164 Å². The predicted octanol–water partition coefficient (Wildman–Crippen LogP) is 0.664. The second-order valence-electron chi connectivity index (χ2n) is 22.4. The van der Waals surface area contributed by atoms with Gasteiger partial charge in [-0.15, -0.1) is 0 Å². The van der Waals surface area contributed by atoms with E-state index < -0.39 is 131 Å². The fourth-order valence-corrected chi connectivity index (χ4v) is 13.2. The van der Waals surface area contributed by atoms with Gasteiger partial charge in [-0.25, -0.2) is 4.79 Å². The Kier molecular flexibility index (Phi) is 22.4. The smallest absolute Gasteiger partial charge is 0.340 e. The van der Waals surface area contributed by atoms with Crippen molar-refractivity contribution in [2.75, 3.05) is 31.3 Å². The van der Waals surface area contributed by atoms with E-state index in [1.54, 1.807) is 26.0 Å². The summed E-state index contributed by atoms with van der Waals surface area (Å²) in [5.74, 6) is -9.73. The first kappa shape index (κ1) is 67.8. The molecule has 10 amide bonds. The summed E-state index contributed by atoms with van der Waals surface area (Å²) in [5, 5.41) is 62.3. The van der Waals surface area contributed by atoms with Crippen LogP contribution in [0, 0.1) is 5.92 Å². The van der Waals surface area contributed by atoms with Crippen LogP contribution >= 0.6 is 21.6 Å². The van der Waals surface area contributed by atoms with Crippen molar-refractivity contribution < 1.29 is 82.6 Å². The van der Waals surface area contributed by atoms with Crippen molar-refractivity contribution in [3.05, 3.63) is 112 Å². The van der Waals surface area contributed by atoms with Crippen LogP contribution in [0.4, 0.5) is 0 Å². The highest BCUT2D eigenvalue weighted by molar-refractivity contribution is 8.76. The molecule has 4 aromatic carbocycles. The van der Waals surface area contributed by atoms with Crippen molar-refractivity contribution in [2.45, 2.75) is 126 Å². The number of fused-ring (bicyclic) bond motifs is 6. The van der Waals surface area contributed by atoms with Gasteiger partial charge in [0.25, 0.3) is 5.91 Å². The molecule has 0 radical (unpaired) electrons. The first-order valence-electron chi connectivity index (χ1n) is 29.5. The Balaban J connectivity index is 0.949. The molecule has 4 aliphatic heterocycles. The molecular weight excluding hydrogens is 1220 g/mol. The highest BCUT2D eigenvalue weighted by atomic mass is 33.1. The molecule has 8 rings (SSSR count). The number of rotatable bonds is 17. The van der Waals surface area contributed by atoms with Crippen LogP contribution in [0.1, 0.15) is 121 Å². The number of unbranched alkanes of at least 4 members (excludes halogenated alkanes) is 1. The maximum atomic E-state index is 14.8. The van der Waals surface area contributed by atoms with Crippen molar-refractivity contribution in [1.82, 2.24) is 47.4 Å². The number of carbonyl (C=O) groups excluding carboxylic acids is 11. The van der Waals surface area contributed by atoms with Gasteiger partial charge in [-0.05, 0) is 105 Å². The van der Waals surface area contributed by atoms with Gasteiger partial charge in [-0.2, -0.15) is 0 Å². The zero-order valence-electron chi connectivity index (χ0n) is 49.9. The van der Waals surface area contributed by atoms with E-state index >= 15 is 0 Å². The number of carbonyl (C=O) groups is 11. The van der Waals surface area contributed by atoms with Crippen molar-refractivity contribution in [2.24, 2.45) is 17.4 Å². The number of aliphatic hydroxyl groups is 1. The second kappa shape index (κ2) is 30.1. The van der Waals surface area contributed by atoms with E-state index in [9.17, 15) is 73.2 Å². The van der Waals surface area contributed by atoms with Crippen LogP contribution in [0.25, 0.3) is 0 Å². The SMILES string of the molecule is CC[C@@H](C)[C@H]1NC(=O)[C@H](c2ccc(O)cc2)NC(=O)CCSSC[C@H](C(=O)N2CCC[C@@H]2C(=O)N[C@@H](CCCCNC(=O)c2ccc3c(c2)C2(OC3=O)c3ccc(O)cc3Oc3cc(O)ccc32)C(=O)NCN)NC(=O)[C@@H](CC(N)=O)NC(=O)[C@@H](C(C)O)NC1=O. The highest BCUT2D eigenvalue weighted by Crippen LogP contribution is 2.57. The Morgan fingerprint density at radius 3 is 2.07 bits per heavy atom. The summed E-state index contributed by atoms with van der Waals surface area (Å²) >= 11 is 0. The summed E-state index contributed by atoms with van der Waals surface area (Å²) < 4.78 is 12.2. The molecule has 30 heteroatoms. The molecule has 2 fully saturated rings. The molecule has 0 bridgehead atoms. The zero-order valence-corrected chi connectivity index (χ0v) is 51.5. The topological polar surface area (TPSA) is 439 Å². The fourth-order valence-electron chi connectivity index (χ4n) is 11.1. The third-order valence-corrected chi connectivity index (χ3v) is 18.4. The number of primary amides is 1. The summed E-state index contributed by atoms with van der Waals surface area (Å²) in [5.41, 5.74) is 11.3. The van der Waals surface area contributed by atoms with Gasteiger partial charge in [0.05, 0.1) is 24.8 Å². The van der Waals surface area contributed by atoms with Gasteiger partial charge in [0, 0.05) is 65.4 Å². The van der Waals surface area contributed by atoms with Crippen molar-refractivity contribution in [3.63, 3.8) is 0 Å². The van der Waals surface area contributed by atoms with Crippen molar-refractivity contribution in [1.29, 1.82) is 0 Å². The molecule has 4 aromatic rings. The number of esters is 1.